The number of carbonyl (C=O) groups is 1. The minimum atomic E-state index is -0.456. The number of nitrogens with zero attached hydrogens (tertiary/aromatic N) is 2. The first-order valence-electron chi connectivity index (χ1n) is 8.66. The number of fused-ring (bicyclic) bond motifs is 1. The molecule has 1 aliphatic rings. The van der Waals surface area contributed by atoms with E-state index in [1.54, 1.807) is 6.07 Å². The van der Waals surface area contributed by atoms with E-state index in [2.05, 4.69) is 27.7 Å². The average Bonchev–Trinajstić information content (AvgIpc) is 2.61. The largest absolute Gasteiger partial charge is 0.481 e. The molecule has 2 aromatic rings. The standard InChI is InChI=1S/C19H22N4O4/c1-13(10-22(2)11-14-6-4-3-5-7-14)20-15-8-16-18(9-17(15)23(25)26)27-12-19(24)21-16/h3-9,13,20H,10-12H2,1-2H3,(H,21,24). The van der Waals surface area contributed by atoms with Crippen molar-refractivity contribution >= 4 is 23.0 Å². The van der Waals surface area contributed by atoms with Crippen molar-refractivity contribution in [1.29, 1.82) is 0 Å². The average molecular weight is 370 g/mol. The Labute approximate surface area is 157 Å². The minimum Gasteiger partial charge on any atom is -0.481 e. The number of carbonyl (C=O) groups excluding carboxylic acids is 1. The summed E-state index contributed by atoms with van der Waals surface area (Å²) in [5.41, 5.74) is 1.91. The maximum atomic E-state index is 11.5. The molecule has 0 fully saturated rings. The van der Waals surface area contributed by atoms with E-state index in [0.717, 1.165) is 6.54 Å². The van der Waals surface area contributed by atoms with Crippen LogP contribution in [-0.4, -0.2) is 42.0 Å². The fraction of sp³-hybridized carbons (Fsp3) is 0.316. The van der Waals surface area contributed by atoms with Gasteiger partial charge >= 0.3 is 0 Å². The summed E-state index contributed by atoms with van der Waals surface area (Å²) in [7, 11) is 2.00. The molecule has 27 heavy (non-hydrogen) atoms. The smallest absolute Gasteiger partial charge is 0.296 e. The van der Waals surface area contributed by atoms with Gasteiger partial charge in [-0.15, -0.1) is 0 Å². The van der Waals surface area contributed by atoms with Gasteiger partial charge in [0.1, 0.15) is 5.69 Å². The molecule has 1 aliphatic heterocycles. The van der Waals surface area contributed by atoms with E-state index in [9.17, 15) is 14.9 Å². The minimum absolute atomic E-state index is 0.0457. The van der Waals surface area contributed by atoms with E-state index in [1.807, 2.05) is 32.2 Å². The number of benzene rings is 2. The summed E-state index contributed by atoms with van der Waals surface area (Å²) in [5.74, 6) is 0.0265. The molecule has 8 nitrogen and oxygen atoms in total. The number of rotatable bonds is 7. The van der Waals surface area contributed by atoms with Crippen molar-refractivity contribution < 1.29 is 14.5 Å². The molecular formula is C19H22N4O4. The molecule has 0 bridgehead atoms. The number of likely N-dealkylation sites (N-methyl/N-ethyl adjacent to an activating group) is 1. The highest BCUT2D eigenvalue weighted by Crippen LogP contribution is 2.38. The molecule has 1 unspecified atom stereocenters. The van der Waals surface area contributed by atoms with Crippen molar-refractivity contribution in [2.75, 3.05) is 30.8 Å². The lowest BCUT2D eigenvalue weighted by Crippen LogP contribution is -2.32. The molecule has 0 aromatic heterocycles. The predicted octanol–water partition coefficient (Wildman–Crippen LogP) is 2.86. The van der Waals surface area contributed by atoms with E-state index < -0.39 is 4.92 Å². The quantitative estimate of drug-likeness (QED) is 0.575. The molecule has 8 heteroatoms. The normalized spacial score (nSPS) is 14.1. The zero-order valence-electron chi connectivity index (χ0n) is 15.3. The van der Waals surface area contributed by atoms with Gasteiger partial charge in [0, 0.05) is 19.1 Å². The highest BCUT2D eigenvalue weighted by molar-refractivity contribution is 5.96. The highest BCUT2D eigenvalue weighted by Gasteiger charge is 2.24. The SMILES string of the molecule is CC(CN(C)Cc1ccccc1)Nc1cc2c(cc1[N+](=O)[O-])OCC(=O)N2. The monoisotopic (exact) mass is 370 g/mol. The fourth-order valence-electron chi connectivity index (χ4n) is 3.12. The molecule has 1 amide bonds. The molecule has 142 valence electrons. The van der Waals surface area contributed by atoms with Gasteiger partial charge in [-0.2, -0.15) is 0 Å². The first kappa shape index (κ1) is 18.7. The Bertz CT molecular complexity index is 841. The Morgan fingerprint density at radius 3 is 2.78 bits per heavy atom. The molecule has 0 saturated carbocycles. The van der Waals surface area contributed by atoms with Gasteiger partial charge in [-0.25, -0.2) is 0 Å². The van der Waals surface area contributed by atoms with Crippen molar-refractivity contribution in [3.8, 4) is 5.75 Å². The maximum Gasteiger partial charge on any atom is 0.296 e. The topological polar surface area (TPSA) is 96.7 Å². The Hall–Kier alpha value is -3.13. The zero-order valence-corrected chi connectivity index (χ0v) is 15.3. The number of anilines is 2. The van der Waals surface area contributed by atoms with Gasteiger partial charge in [0.2, 0.25) is 0 Å². The summed E-state index contributed by atoms with van der Waals surface area (Å²) in [6, 6.07) is 12.9. The van der Waals surface area contributed by atoms with Crippen molar-refractivity contribution in [3.63, 3.8) is 0 Å². The van der Waals surface area contributed by atoms with Crippen LogP contribution in [-0.2, 0) is 11.3 Å². The van der Waals surface area contributed by atoms with E-state index in [0.29, 0.717) is 23.7 Å². The van der Waals surface area contributed by atoms with Gasteiger partial charge in [0.15, 0.2) is 12.4 Å². The van der Waals surface area contributed by atoms with Gasteiger partial charge in [0.05, 0.1) is 16.7 Å². The van der Waals surface area contributed by atoms with Crippen molar-refractivity contribution in [1.82, 2.24) is 4.90 Å². The van der Waals surface area contributed by atoms with Crippen LogP contribution in [0.1, 0.15) is 12.5 Å². The molecule has 0 aliphatic carbocycles. The number of amides is 1. The molecule has 1 heterocycles. The number of nitro benzene ring substituents is 1. The summed E-state index contributed by atoms with van der Waals surface area (Å²) in [6.45, 7) is 3.28. The van der Waals surface area contributed by atoms with Gasteiger partial charge in [-0.05, 0) is 25.6 Å². The molecule has 2 aromatic carbocycles. The van der Waals surface area contributed by atoms with Crippen LogP contribution in [0.15, 0.2) is 42.5 Å². The number of ether oxygens (including phenoxy) is 1. The Morgan fingerprint density at radius 2 is 2.07 bits per heavy atom. The van der Waals surface area contributed by atoms with Crippen molar-refractivity contribution in [2.45, 2.75) is 19.5 Å². The van der Waals surface area contributed by atoms with Gasteiger partial charge in [-0.3, -0.25) is 14.9 Å². The molecule has 1 atom stereocenters. The van der Waals surface area contributed by atoms with Crippen molar-refractivity contribution in [3.05, 3.63) is 58.1 Å². The lowest BCUT2D eigenvalue weighted by Gasteiger charge is -2.24. The predicted molar refractivity (Wildman–Crippen MR) is 103 cm³/mol. The van der Waals surface area contributed by atoms with E-state index in [-0.39, 0.29) is 24.2 Å². The fourth-order valence-corrected chi connectivity index (χ4v) is 3.12. The molecule has 0 radical (unpaired) electrons. The summed E-state index contributed by atoms with van der Waals surface area (Å²) < 4.78 is 5.26. The van der Waals surface area contributed by atoms with Crippen LogP contribution < -0.4 is 15.4 Å². The Morgan fingerprint density at radius 1 is 1.33 bits per heavy atom. The third-order valence-corrected chi connectivity index (χ3v) is 4.21. The third kappa shape index (κ3) is 4.73. The number of hydrogen-bond donors (Lipinski definition) is 2. The van der Waals surface area contributed by atoms with E-state index in [4.69, 9.17) is 4.74 Å². The van der Waals surface area contributed by atoms with Gasteiger partial charge in [-0.1, -0.05) is 30.3 Å². The number of nitro groups is 1. The molecule has 3 rings (SSSR count). The second-order valence-electron chi connectivity index (χ2n) is 6.69. The van der Waals surface area contributed by atoms with Crippen LogP contribution >= 0.6 is 0 Å². The maximum absolute atomic E-state index is 11.5. The summed E-state index contributed by atoms with van der Waals surface area (Å²) in [4.78, 5) is 24.6. The summed E-state index contributed by atoms with van der Waals surface area (Å²) >= 11 is 0. The van der Waals surface area contributed by atoms with Crippen molar-refractivity contribution in [2.24, 2.45) is 0 Å². The first-order chi connectivity index (χ1) is 12.9. The van der Waals surface area contributed by atoms with E-state index >= 15 is 0 Å². The van der Waals surface area contributed by atoms with Gasteiger partial charge in [0.25, 0.3) is 11.6 Å². The zero-order chi connectivity index (χ0) is 19.4. The third-order valence-electron chi connectivity index (χ3n) is 4.21. The van der Waals surface area contributed by atoms with Crippen LogP contribution in [0.4, 0.5) is 17.1 Å². The van der Waals surface area contributed by atoms with Gasteiger partial charge < -0.3 is 20.3 Å². The van der Waals surface area contributed by atoms with Crippen LogP contribution in [0.3, 0.4) is 0 Å². The van der Waals surface area contributed by atoms with Crippen LogP contribution in [0.2, 0.25) is 0 Å². The Balaban J connectivity index is 1.70. The highest BCUT2D eigenvalue weighted by atomic mass is 16.6. The van der Waals surface area contributed by atoms with E-state index in [1.165, 1.54) is 11.6 Å². The summed E-state index contributed by atoms with van der Waals surface area (Å²) in [6.07, 6.45) is 0. The lowest BCUT2D eigenvalue weighted by atomic mass is 10.1. The Kier molecular flexibility index (Phi) is 5.56. The number of nitrogens with one attached hydrogen (secondary N) is 2. The number of hydrogen-bond acceptors (Lipinski definition) is 6. The first-order valence-corrected chi connectivity index (χ1v) is 8.66. The molecule has 0 spiro atoms. The van der Waals surface area contributed by atoms with Crippen LogP contribution in [0.25, 0.3) is 0 Å². The van der Waals surface area contributed by atoms with Crippen LogP contribution in [0.5, 0.6) is 5.75 Å². The van der Waals surface area contributed by atoms with Crippen LogP contribution in [0, 0.1) is 10.1 Å². The summed E-state index contributed by atoms with van der Waals surface area (Å²) in [5, 5.41) is 17.3. The molecular weight excluding hydrogens is 348 g/mol. The molecule has 2 N–H and O–H groups in total. The lowest BCUT2D eigenvalue weighted by molar-refractivity contribution is -0.384. The second-order valence-corrected chi connectivity index (χ2v) is 6.69. The second kappa shape index (κ2) is 8.05. The molecule has 0 saturated heterocycles.